The van der Waals surface area contributed by atoms with Crippen LogP contribution in [0, 0.1) is 10.8 Å². The first-order chi connectivity index (χ1) is 9.57. The summed E-state index contributed by atoms with van der Waals surface area (Å²) in [6, 6.07) is 9.54. The number of nitrogens with two attached hydrogens (primary N) is 1. The van der Waals surface area contributed by atoms with Gasteiger partial charge >= 0.3 is 0 Å². The number of hydrogen-bond donors (Lipinski definition) is 2. The van der Waals surface area contributed by atoms with Crippen LogP contribution in [0.25, 0.3) is 0 Å². The Morgan fingerprint density at radius 2 is 1.62 bits per heavy atom. The number of rotatable bonds is 5. The molecule has 0 saturated heterocycles. The Balaban J connectivity index is 2.02. The van der Waals surface area contributed by atoms with Crippen molar-refractivity contribution in [2.45, 2.75) is 46.2 Å². The standard InChI is InChI=1S/C16H26N2O2S/c1-15(2)13(17)16(3,4)14(15)18-21(19,20)11-10-12-8-6-5-7-9-12/h5-9,13-14,18H,10-11,17H2,1-4H3. The lowest BCUT2D eigenvalue weighted by Gasteiger charge is -2.62. The molecular weight excluding hydrogens is 284 g/mol. The van der Waals surface area contributed by atoms with E-state index < -0.39 is 10.0 Å². The first kappa shape index (κ1) is 16.5. The molecule has 1 saturated carbocycles. The predicted octanol–water partition coefficient (Wildman–Crippen LogP) is 1.91. The summed E-state index contributed by atoms with van der Waals surface area (Å²) >= 11 is 0. The van der Waals surface area contributed by atoms with Crippen molar-refractivity contribution in [3.05, 3.63) is 35.9 Å². The van der Waals surface area contributed by atoms with Crippen LogP contribution >= 0.6 is 0 Å². The van der Waals surface area contributed by atoms with E-state index in [4.69, 9.17) is 5.73 Å². The molecule has 0 bridgehead atoms. The quantitative estimate of drug-likeness (QED) is 0.872. The Morgan fingerprint density at radius 3 is 2.14 bits per heavy atom. The highest BCUT2D eigenvalue weighted by Crippen LogP contribution is 2.52. The molecule has 0 unspecified atom stereocenters. The molecular formula is C16H26N2O2S. The number of nitrogens with one attached hydrogen (secondary N) is 1. The fraction of sp³-hybridized carbons (Fsp3) is 0.625. The van der Waals surface area contributed by atoms with Gasteiger partial charge in [0.1, 0.15) is 0 Å². The first-order valence-corrected chi connectivity index (χ1v) is 9.02. The van der Waals surface area contributed by atoms with Gasteiger partial charge in [-0.1, -0.05) is 58.0 Å². The molecule has 0 radical (unpaired) electrons. The first-order valence-electron chi connectivity index (χ1n) is 7.37. The van der Waals surface area contributed by atoms with Gasteiger partial charge < -0.3 is 5.73 Å². The van der Waals surface area contributed by atoms with Crippen LogP contribution in [0.3, 0.4) is 0 Å². The van der Waals surface area contributed by atoms with Crippen molar-refractivity contribution in [1.82, 2.24) is 4.72 Å². The van der Waals surface area contributed by atoms with Crippen LogP contribution in [-0.4, -0.2) is 26.3 Å². The number of sulfonamides is 1. The van der Waals surface area contributed by atoms with E-state index in [-0.39, 0.29) is 28.7 Å². The van der Waals surface area contributed by atoms with Crippen LogP contribution in [0.1, 0.15) is 33.3 Å². The lowest BCUT2D eigenvalue weighted by Crippen LogP contribution is -2.76. The number of hydrogen-bond acceptors (Lipinski definition) is 3. The largest absolute Gasteiger partial charge is 0.327 e. The second kappa shape index (κ2) is 5.38. The molecule has 118 valence electrons. The topological polar surface area (TPSA) is 72.2 Å². The minimum Gasteiger partial charge on any atom is -0.327 e. The lowest BCUT2D eigenvalue weighted by molar-refractivity contribution is -0.0593. The molecule has 1 aliphatic rings. The van der Waals surface area contributed by atoms with Gasteiger partial charge in [0.15, 0.2) is 0 Å². The van der Waals surface area contributed by atoms with Crippen molar-refractivity contribution in [2.75, 3.05) is 5.75 Å². The minimum atomic E-state index is -3.31. The summed E-state index contributed by atoms with van der Waals surface area (Å²) < 4.78 is 27.5. The minimum absolute atomic E-state index is 0.00757. The summed E-state index contributed by atoms with van der Waals surface area (Å²) in [5.74, 6) is 0.106. The SMILES string of the molecule is CC1(C)C(N)C(C)(C)C1NS(=O)(=O)CCc1ccccc1. The van der Waals surface area contributed by atoms with Crippen LogP contribution in [-0.2, 0) is 16.4 Å². The molecule has 1 aromatic rings. The zero-order valence-corrected chi connectivity index (χ0v) is 14.1. The van der Waals surface area contributed by atoms with E-state index in [2.05, 4.69) is 4.72 Å². The van der Waals surface area contributed by atoms with E-state index >= 15 is 0 Å². The van der Waals surface area contributed by atoms with Crippen molar-refractivity contribution in [3.63, 3.8) is 0 Å². The molecule has 1 aromatic carbocycles. The molecule has 0 atom stereocenters. The summed E-state index contributed by atoms with van der Waals surface area (Å²) in [6.07, 6.45) is 0.524. The van der Waals surface area contributed by atoms with Crippen LogP contribution in [0.15, 0.2) is 30.3 Å². The Kier molecular flexibility index (Phi) is 4.21. The van der Waals surface area contributed by atoms with Gasteiger partial charge in [0.05, 0.1) is 5.75 Å². The van der Waals surface area contributed by atoms with E-state index in [0.717, 1.165) is 5.56 Å². The maximum Gasteiger partial charge on any atom is 0.212 e. The maximum absolute atomic E-state index is 12.3. The maximum atomic E-state index is 12.3. The monoisotopic (exact) mass is 310 g/mol. The van der Waals surface area contributed by atoms with Crippen molar-refractivity contribution in [2.24, 2.45) is 16.6 Å². The van der Waals surface area contributed by atoms with Gasteiger partial charge in [-0.2, -0.15) is 0 Å². The highest BCUT2D eigenvalue weighted by atomic mass is 32.2. The van der Waals surface area contributed by atoms with Gasteiger partial charge in [0, 0.05) is 12.1 Å². The summed E-state index contributed by atoms with van der Waals surface area (Å²) in [5, 5.41) is 0. The van der Waals surface area contributed by atoms with Crippen molar-refractivity contribution in [3.8, 4) is 0 Å². The van der Waals surface area contributed by atoms with E-state index in [1.54, 1.807) is 0 Å². The van der Waals surface area contributed by atoms with Gasteiger partial charge in [-0.05, 0) is 22.8 Å². The Labute approximate surface area is 128 Å². The lowest BCUT2D eigenvalue weighted by atomic mass is 9.49. The van der Waals surface area contributed by atoms with Crippen LogP contribution in [0.4, 0.5) is 0 Å². The molecule has 5 heteroatoms. The molecule has 0 aromatic heterocycles. The summed E-state index contributed by atoms with van der Waals surface area (Å²) in [4.78, 5) is 0. The van der Waals surface area contributed by atoms with Gasteiger partial charge in [-0.15, -0.1) is 0 Å². The van der Waals surface area contributed by atoms with Crippen LogP contribution < -0.4 is 10.5 Å². The smallest absolute Gasteiger partial charge is 0.212 e. The van der Waals surface area contributed by atoms with Gasteiger partial charge in [0.2, 0.25) is 10.0 Å². The molecule has 1 fully saturated rings. The van der Waals surface area contributed by atoms with Gasteiger partial charge in [-0.3, -0.25) is 0 Å². The van der Waals surface area contributed by atoms with E-state index in [1.165, 1.54) is 0 Å². The summed E-state index contributed by atoms with van der Waals surface area (Å²) in [6.45, 7) is 8.08. The molecule has 0 heterocycles. The highest BCUT2D eigenvalue weighted by molar-refractivity contribution is 7.89. The Hall–Kier alpha value is -0.910. The molecule has 1 aliphatic carbocycles. The molecule has 0 aliphatic heterocycles. The summed E-state index contributed by atoms with van der Waals surface area (Å²) in [7, 11) is -3.31. The van der Waals surface area contributed by atoms with E-state index in [1.807, 2.05) is 58.0 Å². The third-order valence-electron chi connectivity index (χ3n) is 4.89. The van der Waals surface area contributed by atoms with E-state index in [9.17, 15) is 8.42 Å². The van der Waals surface area contributed by atoms with Crippen LogP contribution in [0.5, 0.6) is 0 Å². The zero-order chi connectivity index (χ0) is 15.9. The Morgan fingerprint density at radius 1 is 1.10 bits per heavy atom. The third-order valence-corrected chi connectivity index (χ3v) is 6.23. The number of benzene rings is 1. The average molecular weight is 310 g/mol. The highest BCUT2D eigenvalue weighted by Gasteiger charge is 2.60. The molecule has 0 spiro atoms. The van der Waals surface area contributed by atoms with E-state index in [0.29, 0.717) is 6.42 Å². The average Bonchev–Trinajstić information content (AvgIpc) is 2.43. The third kappa shape index (κ3) is 3.15. The molecule has 4 nitrogen and oxygen atoms in total. The van der Waals surface area contributed by atoms with Crippen molar-refractivity contribution < 1.29 is 8.42 Å². The fourth-order valence-corrected chi connectivity index (χ4v) is 5.21. The molecule has 3 N–H and O–H groups in total. The zero-order valence-electron chi connectivity index (χ0n) is 13.3. The second-order valence-electron chi connectivity index (χ2n) is 7.23. The van der Waals surface area contributed by atoms with Gasteiger partial charge in [0.25, 0.3) is 0 Å². The predicted molar refractivity (Wildman–Crippen MR) is 86.4 cm³/mol. The summed E-state index contributed by atoms with van der Waals surface area (Å²) in [5.41, 5.74) is 6.77. The normalized spacial score (nSPS) is 27.1. The Bertz CT molecular complexity index is 578. The molecule has 21 heavy (non-hydrogen) atoms. The second-order valence-corrected chi connectivity index (χ2v) is 9.10. The van der Waals surface area contributed by atoms with Crippen molar-refractivity contribution in [1.29, 1.82) is 0 Å². The molecule has 0 amide bonds. The fourth-order valence-electron chi connectivity index (χ4n) is 3.62. The van der Waals surface area contributed by atoms with Gasteiger partial charge in [-0.25, -0.2) is 13.1 Å². The molecule has 2 rings (SSSR count). The number of aryl methyl sites for hydroxylation is 1. The van der Waals surface area contributed by atoms with Crippen molar-refractivity contribution >= 4 is 10.0 Å². The van der Waals surface area contributed by atoms with Crippen LogP contribution in [0.2, 0.25) is 0 Å².